The molecule has 0 atom stereocenters. The minimum absolute atomic E-state index is 0.0403. The van der Waals surface area contributed by atoms with E-state index in [1.54, 1.807) is 4.68 Å². The fourth-order valence-corrected chi connectivity index (χ4v) is 4.29. The van der Waals surface area contributed by atoms with Gasteiger partial charge in [0, 0.05) is 34.6 Å². The molecule has 4 nitrogen and oxygen atoms in total. The molecule has 5 heteroatoms. The fourth-order valence-electron chi connectivity index (χ4n) is 3.95. The summed E-state index contributed by atoms with van der Waals surface area (Å²) in [6.07, 6.45) is 2.35. The van der Waals surface area contributed by atoms with Gasteiger partial charge in [0.05, 0.1) is 5.52 Å². The first-order valence-electron chi connectivity index (χ1n) is 8.13. The number of nitrogens with zero attached hydrogens (tertiary/aromatic N) is 3. The molecule has 24 heavy (non-hydrogen) atoms. The highest BCUT2D eigenvalue weighted by Crippen LogP contribution is 2.56. The number of amides is 1. The van der Waals surface area contributed by atoms with Crippen LogP contribution in [-0.4, -0.2) is 22.2 Å². The summed E-state index contributed by atoms with van der Waals surface area (Å²) >= 11 is 3.47. The van der Waals surface area contributed by atoms with Crippen molar-refractivity contribution in [1.82, 2.24) is 9.78 Å². The highest BCUT2D eigenvalue weighted by molar-refractivity contribution is 9.10. The molecule has 1 aliphatic carbocycles. The number of carbonyl (C=O) groups is 1. The van der Waals surface area contributed by atoms with Gasteiger partial charge in [0.15, 0.2) is 0 Å². The van der Waals surface area contributed by atoms with Crippen molar-refractivity contribution in [3.05, 3.63) is 58.2 Å². The molecule has 1 spiro atoms. The Morgan fingerprint density at radius 2 is 2.00 bits per heavy atom. The van der Waals surface area contributed by atoms with Crippen LogP contribution in [0.5, 0.6) is 0 Å². The molecule has 2 aromatic carbocycles. The number of para-hydroxylation sites is 1. The molecule has 2 heterocycles. The summed E-state index contributed by atoms with van der Waals surface area (Å²) in [7, 11) is 1.84. The van der Waals surface area contributed by atoms with Crippen molar-refractivity contribution in [3.63, 3.8) is 0 Å². The van der Waals surface area contributed by atoms with Crippen molar-refractivity contribution in [3.8, 4) is 0 Å². The van der Waals surface area contributed by atoms with Gasteiger partial charge in [-0.3, -0.25) is 9.48 Å². The maximum Gasteiger partial charge on any atom is 0.277 e. The second kappa shape index (κ2) is 4.70. The Hall–Kier alpha value is -2.14. The second-order valence-corrected chi connectivity index (χ2v) is 7.74. The Morgan fingerprint density at radius 1 is 1.21 bits per heavy atom. The van der Waals surface area contributed by atoms with Crippen LogP contribution < -0.4 is 4.90 Å². The zero-order chi connectivity index (χ0) is 16.5. The van der Waals surface area contributed by atoms with Crippen LogP contribution in [0.4, 0.5) is 5.69 Å². The molecule has 0 saturated heterocycles. The maximum absolute atomic E-state index is 13.4. The molecular formula is C19H16BrN3O. The van der Waals surface area contributed by atoms with Crippen LogP contribution in [0.1, 0.15) is 28.9 Å². The van der Waals surface area contributed by atoms with Crippen molar-refractivity contribution in [2.45, 2.75) is 18.3 Å². The van der Waals surface area contributed by atoms with Crippen molar-refractivity contribution in [2.75, 3.05) is 11.4 Å². The number of halogens is 1. The number of rotatable bonds is 1. The summed E-state index contributed by atoms with van der Waals surface area (Å²) in [5, 5.41) is 5.42. The highest BCUT2D eigenvalue weighted by Gasteiger charge is 2.53. The van der Waals surface area contributed by atoms with Crippen molar-refractivity contribution in [1.29, 1.82) is 0 Å². The van der Waals surface area contributed by atoms with E-state index >= 15 is 0 Å². The van der Waals surface area contributed by atoms with E-state index in [4.69, 9.17) is 0 Å². The summed E-state index contributed by atoms with van der Waals surface area (Å²) in [5.41, 5.74) is 4.08. The molecule has 120 valence electrons. The largest absolute Gasteiger partial charge is 0.306 e. The molecule has 2 aliphatic rings. The third-order valence-corrected chi connectivity index (χ3v) is 5.82. The monoisotopic (exact) mass is 381 g/mol. The number of benzene rings is 2. The van der Waals surface area contributed by atoms with Crippen molar-refractivity contribution >= 4 is 38.4 Å². The van der Waals surface area contributed by atoms with Crippen LogP contribution in [0.15, 0.2) is 46.9 Å². The van der Waals surface area contributed by atoms with E-state index in [0.29, 0.717) is 5.69 Å². The van der Waals surface area contributed by atoms with Gasteiger partial charge in [0.2, 0.25) is 0 Å². The normalized spacial score (nSPS) is 17.5. The SMILES string of the molecule is Cn1nc2cc(Br)ccc2c1C(=O)N1CC2(CC2)c2ccccc21. The minimum atomic E-state index is 0.0403. The first-order valence-corrected chi connectivity index (χ1v) is 8.92. The van der Waals surface area contributed by atoms with Crippen LogP contribution >= 0.6 is 15.9 Å². The summed E-state index contributed by atoms with van der Waals surface area (Å²) in [4.78, 5) is 15.3. The van der Waals surface area contributed by atoms with E-state index in [1.807, 2.05) is 36.2 Å². The van der Waals surface area contributed by atoms with Crippen LogP contribution in [0.2, 0.25) is 0 Å². The van der Waals surface area contributed by atoms with Gasteiger partial charge in [-0.1, -0.05) is 34.1 Å². The predicted molar refractivity (Wildman–Crippen MR) is 97.4 cm³/mol. The van der Waals surface area contributed by atoms with E-state index < -0.39 is 0 Å². The van der Waals surface area contributed by atoms with E-state index in [0.717, 1.165) is 27.6 Å². The lowest BCUT2D eigenvalue weighted by molar-refractivity contribution is 0.0980. The number of fused-ring (bicyclic) bond motifs is 3. The number of aryl methyl sites for hydroxylation is 1. The molecular weight excluding hydrogens is 366 g/mol. The van der Waals surface area contributed by atoms with Crippen molar-refractivity contribution in [2.24, 2.45) is 7.05 Å². The number of anilines is 1. The molecule has 1 fully saturated rings. The van der Waals surface area contributed by atoms with Gasteiger partial charge in [0.25, 0.3) is 5.91 Å². The highest BCUT2D eigenvalue weighted by atomic mass is 79.9. The molecule has 1 aliphatic heterocycles. The molecule has 1 amide bonds. The lowest BCUT2D eigenvalue weighted by atomic mass is 9.99. The average molecular weight is 382 g/mol. The lowest BCUT2D eigenvalue weighted by Crippen LogP contribution is -2.33. The Labute approximate surface area is 148 Å². The first kappa shape index (κ1) is 14.2. The second-order valence-electron chi connectivity index (χ2n) is 6.82. The number of hydrogen-bond acceptors (Lipinski definition) is 2. The topological polar surface area (TPSA) is 38.1 Å². The Balaban J connectivity index is 1.64. The summed E-state index contributed by atoms with van der Waals surface area (Å²) < 4.78 is 2.68. The van der Waals surface area contributed by atoms with E-state index in [1.165, 1.54) is 18.4 Å². The Morgan fingerprint density at radius 3 is 2.79 bits per heavy atom. The van der Waals surface area contributed by atoms with Gasteiger partial charge in [-0.05, 0) is 42.7 Å². The van der Waals surface area contributed by atoms with Crippen LogP contribution in [0.25, 0.3) is 10.9 Å². The Kier molecular flexibility index (Phi) is 2.78. The number of hydrogen-bond donors (Lipinski definition) is 0. The van der Waals surface area contributed by atoms with Gasteiger partial charge >= 0.3 is 0 Å². The van der Waals surface area contributed by atoms with Crippen LogP contribution in [0.3, 0.4) is 0 Å². The quantitative estimate of drug-likeness (QED) is 0.638. The van der Waals surface area contributed by atoms with E-state index in [9.17, 15) is 4.79 Å². The van der Waals surface area contributed by atoms with Crippen LogP contribution in [-0.2, 0) is 12.5 Å². The standard InChI is InChI=1S/C19H16BrN3O/c1-22-17(13-7-6-12(20)10-15(13)21-22)18(24)23-11-19(8-9-19)14-4-2-3-5-16(14)23/h2-7,10H,8-9,11H2,1H3. The van der Waals surface area contributed by atoms with Crippen LogP contribution in [0, 0.1) is 0 Å². The van der Waals surface area contributed by atoms with Crippen molar-refractivity contribution < 1.29 is 4.79 Å². The smallest absolute Gasteiger partial charge is 0.277 e. The Bertz CT molecular complexity index is 1000. The van der Waals surface area contributed by atoms with Gasteiger partial charge in [-0.2, -0.15) is 5.10 Å². The molecule has 5 rings (SSSR count). The van der Waals surface area contributed by atoms with E-state index in [-0.39, 0.29) is 11.3 Å². The summed E-state index contributed by atoms with van der Waals surface area (Å²) in [5.74, 6) is 0.0403. The molecule has 0 bridgehead atoms. The third-order valence-electron chi connectivity index (χ3n) is 5.32. The molecule has 0 radical (unpaired) electrons. The third kappa shape index (κ3) is 1.85. The number of carbonyl (C=O) groups excluding carboxylic acids is 1. The predicted octanol–water partition coefficient (Wildman–Crippen LogP) is 4.03. The molecule has 1 saturated carbocycles. The van der Waals surface area contributed by atoms with Gasteiger partial charge in [-0.15, -0.1) is 0 Å². The molecule has 1 aromatic heterocycles. The molecule has 3 aromatic rings. The van der Waals surface area contributed by atoms with Gasteiger partial charge in [-0.25, -0.2) is 0 Å². The minimum Gasteiger partial charge on any atom is -0.306 e. The molecule has 0 N–H and O–H groups in total. The molecule has 0 unspecified atom stereocenters. The zero-order valence-corrected chi connectivity index (χ0v) is 14.9. The summed E-state index contributed by atoms with van der Waals surface area (Å²) in [6.45, 7) is 0.786. The zero-order valence-electron chi connectivity index (χ0n) is 13.3. The maximum atomic E-state index is 13.4. The fraction of sp³-hybridized carbons (Fsp3) is 0.263. The average Bonchev–Trinajstić information content (AvgIpc) is 3.17. The van der Waals surface area contributed by atoms with Gasteiger partial charge < -0.3 is 4.90 Å². The number of aromatic nitrogens is 2. The van der Waals surface area contributed by atoms with Gasteiger partial charge in [0.1, 0.15) is 5.69 Å². The summed E-state index contributed by atoms with van der Waals surface area (Å²) in [6, 6.07) is 14.2. The first-order chi connectivity index (χ1) is 11.6. The van der Waals surface area contributed by atoms with E-state index in [2.05, 4.69) is 39.2 Å². The lowest BCUT2D eigenvalue weighted by Gasteiger charge is -2.18.